The summed E-state index contributed by atoms with van der Waals surface area (Å²) in [6.45, 7) is 8.42. The topological polar surface area (TPSA) is 182 Å². The fourth-order valence-corrected chi connectivity index (χ4v) is 8.36. The fraction of sp³-hybridized carbons (Fsp3) is 0.377. The summed E-state index contributed by atoms with van der Waals surface area (Å²) < 4.78 is 15.0. The zero-order chi connectivity index (χ0) is 48.6. The number of fused-ring (bicyclic) bond motifs is 2. The Morgan fingerprint density at radius 2 is 1.49 bits per heavy atom. The van der Waals surface area contributed by atoms with Crippen molar-refractivity contribution in [3.05, 3.63) is 113 Å². The number of amides is 4. The SMILES string of the molecule is COc1cc2c(cc1OCCCC(=O)Nc1cc(C(=O)Cc3ccc(-c4cc(C(=O)Nc5ccc(CC(=O)[C@H](C)NC(=O)[C@@H](C)C(C)C)cc5)n(C)c4)cc3)n(C)c1)N=C[C@@H]1CCCCN1C2=O. The molecule has 1 saturated heterocycles. The van der Waals surface area contributed by atoms with Gasteiger partial charge in [-0.3, -0.25) is 33.8 Å². The van der Waals surface area contributed by atoms with Crippen molar-refractivity contribution in [1.82, 2.24) is 19.4 Å². The number of rotatable bonds is 19. The van der Waals surface area contributed by atoms with E-state index >= 15 is 0 Å². The average Bonchev–Trinajstić information content (AvgIpc) is 3.87. The Morgan fingerprint density at radius 1 is 0.779 bits per heavy atom. The number of ketones is 2. The number of ether oxygens (including phenoxy) is 2. The minimum atomic E-state index is -0.608. The molecule has 5 aromatic rings. The molecular weight excluding hydrogens is 863 g/mol. The number of aromatic nitrogens is 2. The van der Waals surface area contributed by atoms with Crippen LogP contribution in [0.1, 0.15) is 102 Å². The van der Waals surface area contributed by atoms with Crippen molar-refractivity contribution in [3.8, 4) is 22.6 Å². The Bertz CT molecular complexity index is 2710. The number of benzene rings is 3. The lowest BCUT2D eigenvalue weighted by Gasteiger charge is -2.32. The van der Waals surface area contributed by atoms with Crippen LogP contribution < -0.4 is 25.4 Å². The van der Waals surface area contributed by atoms with Crippen molar-refractivity contribution in [3.63, 3.8) is 0 Å². The van der Waals surface area contributed by atoms with Crippen LogP contribution in [-0.2, 0) is 41.3 Å². The van der Waals surface area contributed by atoms with Crippen molar-refractivity contribution < 1.29 is 38.2 Å². The first kappa shape index (κ1) is 48.6. The van der Waals surface area contributed by atoms with Gasteiger partial charge in [-0.15, -0.1) is 0 Å². The van der Waals surface area contributed by atoms with Gasteiger partial charge in [-0.1, -0.05) is 57.2 Å². The third-order valence-electron chi connectivity index (χ3n) is 12.8. The predicted molar refractivity (Wildman–Crippen MR) is 262 cm³/mol. The molecule has 0 spiro atoms. The summed E-state index contributed by atoms with van der Waals surface area (Å²) in [5.41, 5.74) is 6.31. The smallest absolute Gasteiger partial charge is 0.272 e. The molecule has 2 aliphatic heterocycles. The number of aryl methyl sites for hydroxylation is 2. The number of hydrogen-bond donors (Lipinski definition) is 3. The van der Waals surface area contributed by atoms with Gasteiger partial charge in [0.25, 0.3) is 11.8 Å². The molecule has 1 fully saturated rings. The third kappa shape index (κ3) is 11.6. The second-order valence-corrected chi connectivity index (χ2v) is 18.2. The monoisotopic (exact) mass is 923 g/mol. The molecule has 4 amide bonds. The number of aliphatic imine (C=N–C) groups is 1. The molecule has 0 unspecified atom stereocenters. The Kier molecular flexibility index (Phi) is 15.4. The second kappa shape index (κ2) is 21.6. The molecule has 2 aromatic heterocycles. The van der Waals surface area contributed by atoms with Crippen LogP contribution in [0, 0.1) is 11.8 Å². The Balaban J connectivity index is 0.867. The molecule has 0 saturated carbocycles. The number of anilines is 2. The molecule has 4 heterocycles. The van der Waals surface area contributed by atoms with Gasteiger partial charge in [-0.05, 0) is 85.5 Å². The lowest BCUT2D eigenvalue weighted by Crippen LogP contribution is -2.43. The van der Waals surface area contributed by atoms with Crippen LogP contribution >= 0.6 is 0 Å². The van der Waals surface area contributed by atoms with Gasteiger partial charge in [0.2, 0.25) is 11.8 Å². The first-order chi connectivity index (χ1) is 32.6. The summed E-state index contributed by atoms with van der Waals surface area (Å²) in [5, 5.41) is 8.63. The number of nitrogens with one attached hydrogen (secondary N) is 3. The highest BCUT2D eigenvalue weighted by Crippen LogP contribution is 2.38. The van der Waals surface area contributed by atoms with Gasteiger partial charge in [-0.2, -0.15) is 0 Å². The zero-order valence-corrected chi connectivity index (χ0v) is 39.9. The molecule has 15 heteroatoms. The van der Waals surface area contributed by atoms with E-state index in [4.69, 9.17) is 9.47 Å². The molecule has 68 heavy (non-hydrogen) atoms. The molecule has 7 rings (SSSR count). The maximum Gasteiger partial charge on any atom is 0.272 e. The van der Waals surface area contributed by atoms with Gasteiger partial charge in [0, 0.05) is 81.7 Å². The summed E-state index contributed by atoms with van der Waals surface area (Å²) in [6.07, 6.45) is 9.24. The largest absolute Gasteiger partial charge is 0.493 e. The van der Waals surface area contributed by atoms with Gasteiger partial charge in [0.15, 0.2) is 23.1 Å². The van der Waals surface area contributed by atoms with Crippen molar-refractivity contribution in [2.24, 2.45) is 30.9 Å². The number of hydrogen-bond acceptors (Lipinski definition) is 9. The Morgan fingerprint density at radius 3 is 2.21 bits per heavy atom. The number of piperidine rings is 1. The van der Waals surface area contributed by atoms with Crippen molar-refractivity contribution in [2.75, 3.05) is 30.9 Å². The fourth-order valence-electron chi connectivity index (χ4n) is 8.36. The van der Waals surface area contributed by atoms with E-state index in [2.05, 4.69) is 20.9 Å². The first-order valence-electron chi connectivity index (χ1n) is 23.3. The van der Waals surface area contributed by atoms with E-state index in [0.29, 0.717) is 58.5 Å². The highest BCUT2D eigenvalue weighted by molar-refractivity contribution is 6.05. The molecule has 15 nitrogen and oxygen atoms in total. The summed E-state index contributed by atoms with van der Waals surface area (Å²) >= 11 is 0. The molecule has 0 bridgehead atoms. The van der Waals surface area contributed by atoms with E-state index in [1.165, 1.54) is 7.11 Å². The zero-order valence-electron chi connectivity index (χ0n) is 39.9. The summed E-state index contributed by atoms with van der Waals surface area (Å²) in [6, 6.07) is 20.9. The van der Waals surface area contributed by atoms with Gasteiger partial charge in [0.1, 0.15) is 5.69 Å². The van der Waals surface area contributed by atoms with Crippen LogP contribution in [0.3, 0.4) is 0 Å². The maximum atomic E-state index is 13.5. The summed E-state index contributed by atoms with van der Waals surface area (Å²) in [5.74, 6) is -0.0668. The summed E-state index contributed by atoms with van der Waals surface area (Å²) in [4.78, 5) is 84.7. The predicted octanol–water partition coefficient (Wildman–Crippen LogP) is 8.13. The van der Waals surface area contributed by atoms with E-state index < -0.39 is 6.04 Å². The van der Waals surface area contributed by atoms with E-state index in [1.807, 2.05) is 62.3 Å². The van der Waals surface area contributed by atoms with Crippen LogP contribution in [0.4, 0.5) is 17.1 Å². The number of Topliss-reactive ketones (excluding diaryl/α,β-unsaturated/α-hetero) is 2. The third-order valence-corrected chi connectivity index (χ3v) is 12.8. The standard InChI is InChI=1S/C53H61N7O8/c1-32(2)33(3)51(64)55-34(4)46(61)23-36-15-19-39(20-16-36)57-52(65)45-25-38(30-58(45)5)37-17-13-35(14-18-37)24-47(62)44-26-40(31-59(44)6)56-50(63)12-10-22-68-49-28-43-42(27-48(49)67-7)53(66)60-21-9-8-11-41(60)29-54-43/h13-20,25-34,41H,8-12,21-24H2,1-7H3,(H,55,64)(H,56,63)(H,57,65)/t33-,34-,41-/m0/s1. The molecule has 3 atom stereocenters. The maximum absolute atomic E-state index is 13.5. The van der Waals surface area contributed by atoms with Gasteiger partial charge in [-0.25, -0.2) is 0 Å². The van der Waals surface area contributed by atoms with Crippen LogP contribution in [0.15, 0.2) is 90.2 Å². The van der Waals surface area contributed by atoms with E-state index in [9.17, 15) is 28.8 Å². The molecule has 2 aliphatic rings. The number of carbonyl (C=O) groups is 6. The van der Waals surface area contributed by atoms with Crippen molar-refractivity contribution in [1.29, 1.82) is 0 Å². The van der Waals surface area contributed by atoms with Crippen LogP contribution in [0.2, 0.25) is 0 Å². The number of methoxy groups -OCH3 is 1. The first-order valence-corrected chi connectivity index (χ1v) is 23.3. The van der Waals surface area contributed by atoms with Crippen molar-refractivity contribution in [2.45, 2.75) is 84.7 Å². The van der Waals surface area contributed by atoms with Crippen LogP contribution in [0.25, 0.3) is 11.1 Å². The normalized spacial score (nSPS) is 15.1. The minimum absolute atomic E-state index is 0.0146. The lowest BCUT2D eigenvalue weighted by atomic mass is 9.96. The molecule has 0 aliphatic carbocycles. The van der Waals surface area contributed by atoms with E-state index in [0.717, 1.165) is 41.5 Å². The van der Waals surface area contributed by atoms with Gasteiger partial charge >= 0.3 is 0 Å². The Hall–Kier alpha value is -7.29. The van der Waals surface area contributed by atoms with E-state index in [-0.39, 0.29) is 78.9 Å². The van der Waals surface area contributed by atoms with Crippen LogP contribution in [0.5, 0.6) is 11.5 Å². The highest BCUT2D eigenvalue weighted by Gasteiger charge is 2.31. The minimum Gasteiger partial charge on any atom is -0.493 e. The average molecular weight is 924 g/mol. The van der Waals surface area contributed by atoms with Crippen LogP contribution in [-0.4, -0.2) is 87.8 Å². The Labute approximate surface area is 397 Å². The molecular formula is C53H61N7O8. The number of nitrogens with zero attached hydrogens (tertiary/aromatic N) is 4. The molecule has 3 N–H and O–H groups in total. The molecule has 356 valence electrons. The summed E-state index contributed by atoms with van der Waals surface area (Å²) in [7, 11) is 5.08. The molecule has 3 aromatic carbocycles. The second-order valence-electron chi connectivity index (χ2n) is 18.2. The lowest BCUT2D eigenvalue weighted by molar-refractivity contribution is -0.130. The van der Waals surface area contributed by atoms with E-state index in [1.54, 1.807) is 84.9 Å². The van der Waals surface area contributed by atoms with Gasteiger partial charge < -0.3 is 39.5 Å². The van der Waals surface area contributed by atoms with Gasteiger partial charge in [0.05, 0.1) is 48.4 Å². The highest BCUT2D eigenvalue weighted by atomic mass is 16.5. The molecule has 0 radical (unpaired) electrons. The van der Waals surface area contributed by atoms with Crippen molar-refractivity contribution >= 4 is 58.5 Å². The quantitative estimate of drug-likeness (QED) is 0.0548. The number of carbonyl (C=O) groups excluding carboxylic acids is 6.